The molecule has 3 N–H and O–H groups in total. The lowest BCUT2D eigenvalue weighted by Crippen LogP contribution is -2.41. The average Bonchev–Trinajstić information content (AvgIpc) is 2.33. The summed E-state index contributed by atoms with van der Waals surface area (Å²) >= 11 is 1.75. The number of carbonyl (C=O) groups is 3. The standard InChI is InChI=1S/C12H11FINO5/c13-6-1-2-7(8(14)5-6)11(18)15-9(12(19)20)3-4-10(16)17/h1-2,5,9H,3-4H2,(H,15,18)(H,16,17)(H,19,20)/t9-/m0/s1. The lowest BCUT2D eigenvalue weighted by atomic mass is 10.1. The van der Waals surface area contributed by atoms with Crippen molar-refractivity contribution in [3.05, 3.63) is 33.1 Å². The summed E-state index contributed by atoms with van der Waals surface area (Å²) in [5.41, 5.74) is 0.133. The van der Waals surface area contributed by atoms with E-state index in [-0.39, 0.29) is 18.4 Å². The fourth-order valence-electron chi connectivity index (χ4n) is 1.43. The van der Waals surface area contributed by atoms with Crippen LogP contribution in [-0.2, 0) is 9.59 Å². The topological polar surface area (TPSA) is 104 Å². The fourth-order valence-corrected chi connectivity index (χ4v) is 2.16. The Labute approximate surface area is 127 Å². The Morgan fingerprint density at radius 1 is 1.30 bits per heavy atom. The van der Waals surface area contributed by atoms with Crippen molar-refractivity contribution in [2.45, 2.75) is 18.9 Å². The molecule has 0 fully saturated rings. The van der Waals surface area contributed by atoms with E-state index < -0.39 is 29.7 Å². The molecule has 0 aromatic heterocycles. The van der Waals surface area contributed by atoms with E-state index in [4.69, 9.17) is 10.2 Å². The summed E-state index contributed by atoms with van der Waals surface area (Å²) in [6, 6.07) is 2.16. The number of carbonyl (C=O) groups excluding carboxylic acids is 1. The Bertz CT molecular complexity index is 549. The molecule has 0 heterocycles. The van der Waals surface area contributed by atoms with E-state index in [0.29, 0.717) is 3.57 Å². The van der Waals surface area contributed by atoms with E-state index in [9.17, 15) is 18.8 Å². The van der Waals surface area contributed by atoms with Crippen molar-refractivity contribution in [1.82, 2.24) is 5.32 Å². The SMILES string of the molecule is O=C(O)CC[C@H](NC(=O)c1ccc(F)cc1I)C(=O)O. The van der Waals surface area contributed by atoms with Gasteiger partial charge in [0.15, 0.2) is 0 Å². The van der Waals surface area contributed by atoms with Crippen LogP contribution < -0.4 is 5.32 Å². The third-order valence-electron chi connectivity index (χ3n) is 2.43. The van der Waals surface area contributed by atoms with Crippen molar-refractivity contribution in [1.29, 1.82) is 0 Å². The van der Waals surface area contributed by atoms with Crippen LogP contribution in [-0.4, -0.2) is 34.1 Å². The minimum absolute atomic E-state index is 0.133. The zero-order valence-corrected chi connectivity index (χ0v) is 12.3. The number of amides is 1. The van der Waals surface area contributed by atoms with Gasteiger partial charge in [0, 0.05) is 9.99 Å². The van der Waals surface area contributed by atoms with Crippen LogP contribution in [0.2, 0.25) is 0 Å². The second-order valence-corrected chi connectivity index (χ2v) is 5.08. The van der Waals surface area contributed by atoms with Gasteiger partial charge in [-0.05, 0) is 47.2 Å². The predicted molar refractivity (Wildman–Crippen MR) is 74.9 cm³/mol. The van der Waals surface area contributed by atoms with Gasteiger partial charge in [-0.15, -0.1) is 0 Å². The first-order valence-corrected chi connectivity index (χ1v) is 6.59. The molecule has 108 valence electrons. The van der Waals surface area contributed by atoms with Crippen LogP contribution in [0.25, 0.3) is 0 Å². The number of rotatable bonds is 6. The predicted octanol–water partition coefficient (Wildman–Crippen LogP) is 1.48. The van der Waals surface area contributed by atoms with Gasteiger partial charge in [0.05, 0.1) is 5.56 Å². The molecular formula is C12H11FINO5. The van der Waals surface area contributed by atoms with Crippen LogP contribution in [0.4, 0.5) is 4.39 Å². The normalized spacial score (nSPS) is 11.7. The number of carboxylic acids is 2. The molecule has 20 heavy (non-hydrogen) atoms. The summed E-state index contributed by atoms with van der Waals surface area (Å²) in [6.07, 6.45) is -0.605. The van der Waals surface area contributed by atoms with Gasteiger partial charge in [0.1, 0.15) is 11.9 Å². The number of nitrogens with one attached hydrogen (secondary N) is 1. The minimum Gasteiger partial charge on any atom is -0.481 e. The van der Waals surface area contributed by atoms with Gasteiger partial charge in [-0.2, -0.15) is 0 Å². The van der Waals surface area contributed by atoms with Gasteiger partial charge < -0.3 is 15.5 Å². The molecule has 6 nitrogen and oxygen atoms in total. The molecule has 1 aromatic carbocycles. The Morgan fingerprint density at radius 2 is 1.95 bits per heavy atom. The molecular weight excluding hydrogens is 384 g/mol. The Hall–Kier alpha value is -1.71. The van der Waals surface area contributed by atoms with Gasteiger partial charge in [0.25, 0.3) is 5.91 Å². The molecule has 8 heteroatoms. The van der Waals surface area contributed by atoms with Crippen molar-refractivity contribution >= 4 is 40.4 Å². The highest BCUT2D eigenvalue weighted by atomic mass is 127. The molecule has 0 unspecified atom stereocenters. The Balaban J connectivity index is 2.80. The van der Waals surface area contributed by atoms with Gasteiger partial charge in [-0.1, -0.05) is 0 Å². The van der Waals surface area contributed by atoms with Gasteiger partial charge >= 0.3 is 11.9 Å². The van der Waals surface area contributed by atoms with Crippen LogP contribution in [0.1, 0.15) is 23.2 Å². The molecule has 1 rings (SSSR count). The second-order valence-electron chi connectivity index (χ2n) is 3.92. The molecule has 0 aliphatic carbocycles. The van der Waals surface area contributed by atoms with E-state index in [1.165, 1.54) is 6.07 Å². The van der Waals surface area contributed by atoms with Crippen molar-refractivity contribution in [2.75, 3.05) is 0 Å². The molecule has 1 amide bonds. The molecule has 1 atom stereocenters. The summed E-state index contributed by atoms with van der Waals surface area (Å²) in [6.45, 7) is 0. The van der Waals surface area contributed by atoms with Crippen molar-refractivity contribution in [2.24, 2.45) is 0 Å². The van der Waals surface area contributed by atoms with Crippen molar-refractivity contribution < 1.29 is 29.0 Å². The highest BCUT2D eigenvalue weighted by molar-refractivity contribution is 14.1. The number of hydrogen-bond acceptors (Lipinski definition) is 3. The van der Waals surface area contributed by atoms with Crippen molar-refractivity contribution in [3.63, 3.8) is 0 Å². The fraction of sp³-hybridized carbons (Fsp3) is 0.250. The second kappa shape index (κ2) is 7.17. The number of aliphatic carboxylic acids is 2. The van der Waals surface area contributed by atoms with E-state index in [1.807, 2.05) is 0 Å². The minimum atomic E-state index is -1.32. The first kappa shape index (κ1) is 16.3. The molecule has 0 saturated heterocycles. The highest BCUT2D eigenvalue weighted by Gasteiger charge is 2.22. The first-order chi connectivity index (χ1) is 9.31. The van der Waals surface area contributed by atoms with Crippen LogP contribution >= 0.6 is 22.6 Å². The third kappa shape index (κ3) is 4.76. The maximum Gasteiger partial charge on any atom is 0.326 e. The lowest BCUT2D eigenvalue weighted by Gasteiger charge is -2.14. The monoisotopic (exact) mass is 395 g/mol. The molecule has 0 radical (unpaired) electrons. The molecule has 0 saturated carbocycles. The first-order valence-electron chi connectivity index (χ1n) is 5.51. The van der Waals surface area contributed by atoms with E-state index >= 15 is 0 Å². The maximum absolute atomic E-state index is 12.9. The number of halogens is 2. The number of benzene rings is 1. The van der Waals surface area contributed by atoms with E-state index in [2.05, 4.69) is 5.32 Å². The van der Waals surface area contributed by atoms with E-state index in [1.54, 1.807) is 22.6 Å². The van der Waals surface area contributed by atoms with Crippen molar-refractivity contribution in [3.8, 4) is 0 Å². The molecule has 0 bridgehead atoms. The molecule has 0 spiro atoms. The third-order valence-corrected chi connectivity index (χ3v) is 3.32. The molecule has 0 aliphatic rings. The smallest absolute Gasteiger partial charge is 0.326 e. The Morgan fingerprint density at radius 3 is 2.45 bits per heavy atom. The van der Waals surface area contributed by atoms with Crippen LogP contribution in [0, 0.1) is 9.39 Å². The Kier molecular flexibility index (Phi) is 5.86. The van der Waals surface area contributed by atoms with Crippen LogP contribution in [0.5, 0.6) is 0 Å². The average molecular weight is 395 g/mol. The van der Waals surface area contributed by atoms with Gasteiger partial charge in [-0.3, -0.25) is 9.59 Å². The zero-order chi connectivity index (χ0) is 15.3. The summed E-state index contributed by atoms with van der Waals surface area (Å²) in [7, 11) is 0. The largest absolute Gasteiger partial charge is 0.481 e. The lowest BCUT2D eigenvalue weighted by molar-refractivity contribution is -0.140. The van der Waals surface area contributed by atoms with E-state index in [0.717, 1.165) is 12.1 Å². The summed E-state index contributed by atoms with van der Waals surface area (Å²) in [5.74, 6) is -3.67. The molecule has 0 aliphatic heterocycles. The van der Waals surface area contributed by atoms with Gasteiger partial charge in [-0.25, -0.2) is 9.18 Å². The zero-order valence-electron chi connectivity index (χ0n) is 10.1. The van der Waals surface area contributed by atoms with Crippen LogP contribution in [0.15, 0.2) is 18.2 Å². The maximum atomic E-state index is 12.9. The summed E-state index contributed by atoms with van der Waals surface area (Å²) in [4.78, 5) is 33.3. The summed E-state index contributed by atoms with van der Waals surface area (Å²) < 4.78 is 13.3. The van der Waals surface area contributed by atoms with Gasteiger partial charge in [0.2, 0.25) is 0 Å². The molecule has 1 aromatic rings. The quantitative estimate of drug-likeness (QED) is 0.634. The number of carboxylic acid groups (broad SMARTS) is 2. The summed E-state index contributed by atoms with van der Waals surface area (Å²) in [5, 5.41) is 19.7. The number of hydrogen-bond donors (Lipinski definition) is 3. The van der Waals surface area contributed by atoms with Crippen LogP contribution in [0.3, 0.4) is 0 Å². The highest BCUT2D eigenvalue weighted by Crippen LogP contribution is 2.14.